The number of fused-ring (bicyclic) bond motifs is 1. The van der Waals surface area contributed by atoms with Crippen molar-refractivity contribution in [3.8, 4) is 5.75 Å². The van der Waals surface area contributed by atoms with Crippen LogP contribution >= 0.6 is 11.3 Å². The van der Waals surface area contributed by atoms with E-state index in [0.717, 1.165) is 48.1 Å². The summed E-state index contributed by atoms with van der Waals surface area (Å²) < 4.78 is 13.5. The highest BCUT2D eigenvalue weighted by atomic mass is 32.1. The number of aromatic amines is 1. The van der Waals surface area contributed by atoms with Crippen molar-refractivity contribution < 1.29 is 9.15 Å². The number of thiophene rings is 1. The largest absolute Gasteiger partial charge is 0.494 e. The van der Waals surface area contributed by atoms with E-state index in [1.807, 2.05) is 54.1 Å². The number of H-pyrrole nitrogens is 1. The molecule has 0 unspecified atom stereocenters. The van der Waals surface area contributed by atoms with Crippen LogP contribution in [0.2, 0.25) is 0 Å². The Labute approximate surface area is 230 Å². The van der Waals surface area contributed by atoms with Crippen molar-refractivity contribution in [2.45, 2.75) is 64.2 Å². The Morgan fingerprint density at radius 3 is 2.82 bits per heavy atom. The van der Waals surface area contributed by atoms with Crippen LogP contribution in [0.1, 0.15) is 73.1 Å². The number of ether oxygens (including phenoxy) is 1. The van der Waals surface area contributed by atoms with Gasteiger partial charge in [-0.1, -0.05) is 25.3 Å². The fourth-order valence-corrected chi connectivity index (χ4v) is 6.30. The smallest absolute Gasteiger partial charge is 0.253 e. The Hall–Kier alpha value is -3.76. The molecule has 4 heterocycles. The molecule has 0 amide bonds. The topological polar surface area (TPSA) is 102 Å². The summed E-state index contributed by atoms with van der Waals surface area (Å²) in [6.07, 6.45) is 7.26. The fraction of sp³-hybridized carbons (Fsp3) is 0.379. The number of nitrogens with zero attached hydrogens (tertiary/aromatic N) is 5. The van der Waals surface area contributed by atoms with E-state index >= 15 is 0 Å². The molecule has 202 valence electrons. The minimum atomic E-state index is -0.502. The van der Waals surface area contributed by atoms with Crippen molar-refractivity contribution in [1.29, 1.82) is 0 Å². The van der Waals surface area contributed by atoms with Crippen LogP contribution in [0.25, 0.3) is 10.9 Å². The molecule has 1 atom stereocenters. The summed E-state index contributed by atoms with van der Waals surface area (Å²) in [7, 11) is 0. The number of hydrogen-bond donors (Lipinski definition) is 1. The van der Waals surface area contributed by atoms with E-state index in [1.165, 1.54) is 11.3 Å². The molecule has 0 radical (unpaired) electrons. The average Bonchev–Trinajstić information content (AvgIpc) is 3.74. The molecule has 0 saturated heterocycles. The number of pyridine rings is 1. The fourth-order valence-electron chi connectivity index (χ4n) is 5.57. The van der Waals surface area contributed by atoms with Gasteiger partial charge in [-0.3, -0.25) is 9.69 Å². The van der Waals surface area contributed by atoms with E-state index < -0.39 is 6.04 Å². The maximum atomic E-state index is 13.8. The number of hydrogen-bond acceptors (Lipinski definition) is 8. The maximum absolute atomic E-state index is 13.8. The SMILES string of the molecule is CCOc1ccc2[nH]c(=O)c([C@H](c3nnnn3C3CCCCC3)N(Cc3ccco3)Cc3cccs3)cc2c1. The van der Waals surface area contributed by atoms with Gasteiger partial charge in [0, 0.05) is 27.9 Å². The second-order valence-corrected chi connectivity index (χ2v) is 11.0. The molecule has 10 heteroatoms. The third-order valence-electron chi connectivity index (χ3n) is 7.38. The lowest BCUT2D eigenvalue weighted by molar-refractivity contribution is 0.175. The van der Waals surface area contributed by atoms with Gasteiger partial charge in [0.15, 0.2) is 5.82 Å². The molecule has 6 rings (SSSR count). The normalized spacial score (nSPS) is 15.2. The number of nitrogens with one attached hydrogen (secondary N) is 1. The quantitative estimate of drug-likeness (QED) is 0.235. The lowest BCUT2D eigenvalue weighted by Gasteiger charge is -2.31. The van der Waals surface area contributed by atoms with Gasteiger partial charge in [0.25, 0.3) is 5.56 Å². The summed E-state index contributed by atoms with van der Waals surface area (Å²) in [5, 5.41) is 16.1. The summed E-state index contributed by atoms with van der Waals surface area (Å²) in [5.74, 6) is 2.25. The van der Waals surface area contributed by atoms with Crippen LogP contribution in [-0.4, -0.2) is 36.7 Å². The van der Waals surface area contributed by atoms with Gasteiger partial charge < -0.3 is 14.1 Å². The zero-order chi connectivity index (χ0) is 26.6. The zero-order valence-corrected chi connectivity index (χ0v) is 22.8. The molecule has 39 heavy (non-hydrogen) atoms. The molecule has 1 N–H and O–H groups in total. The Bertz CT molecular complexity index is 1520. The van der Waals surface area contributed by atoms with Crippen molar-refractivity contribution in [3.63, 3.8) is 0 Å². The van der Waals surface area contributed by atoms with E-state index in [2.05, 4.69) is 36.9 Å². The predicted molar refractivity (Wildman–Crippen MR) is 150 cm³/mol. The first-order valence-electron chi connectivity index (χ1n) is 13.6. The van der Waals surface area contributed by atoms with Crippen LogP contribution in [0.15, 0.2) is 69.4 Å². The standard InChI is InChI=1S/C29H32N6O3S/c1-2-37-22-12-13-26-20(16-22)17-25(29(36)30-26)27(28-31-32-33-35(28)21-8-4-3-5-9-21)34(18-23-10-6-14-38-23)19-24-11-7-15-39-24/h6-7,10-17,21,27H,2-5,8-9,18-19H2,1H3,(H,30,36)/t27-/m1/s1. The highest BCUT2D eigenvalue weighted by molar-refractivity contribution is 7.09. The van der Waals surface area contributed by atoms with Crippen LogP contribution in [0, 0.1) is 0 Å². The lowest BCUT2D eigenvalue weighted by Crippen LogP contribution is -2.35. The molecule has 9 nitrogen and oxygen atoms in total. The molecule has 1 aliphatic rings. The minimum Gasteiger partial charge on any atom is -0.494 e. The number of tetrazole rings is 1. The second-order valence-electron chi connectivity index (χ2n) is 9.98. The van der Waals surface area contributed by atoms with Crippen molar-refractivity contribution in [2.75, 3.05) is 6.61 Å². The van der Waals surface area contributed by atoms with Gasteiger partial charge in [0.05, 0.1) is 25.5 Å². The summed E-state index contributed by atoms with van der Waals surface area (Å²) in [5.41, 5.74) is 1.19. The van der Waals surface area contributed by atoms with E-state index in [1.54, 1.807) is 17.6 Å². The van der Waals surface area contributed by atoms with Gasteiger partial charge >= 0.3 is 0 Å². The molecule has 0 bridgehead atoms. The van der Waals surface area contributed by atoms with Crippen LogP contribution in [-0.2, 0) is 13.1 Å². The van der Waals surface area contributed by atoms with E-state index in [9.17, 15) is 4.79 Å². The average molecular weight is 545 g/mol. The van der Waals surface area contributed by atoms with Crippen LogP contribution in [0.4, 0.5) is 0 Å². The summed E-state index contributed by atoms with van der Waals surface area (Å²) >= 11 is 1.69. The third kappa shape index (κ3) is 5.53. The molecule has 0 spiro atoms. The molecular weight excluding hydrogens is 512 g/mol. The first kappa shape index (κ1) is 25.5. The van der Waals surface area contributed by atoms with E-state index in [-0.39, 0.29) is 11.6 Å². The van der Waals surface area contributed by atoms with Gasteiger partial charge in [0.2, 0.25) is 0 Å². The van der Waals surface area contributed by atoms with Crippen molar-refractivity contribution in [2.24, 2.45) is 0 Å². The first-order valence-corrected chi connectivity index (χ1v) is 14.4. The molecule has 1 saturated carbocycles. The van der Waals surface area contributed by atoms with Gasteiger partial charge in [-0.25, -0.2) is 4.68 Å². The number of furan rings is 1. The third-order valence-corrected chi connectivity index (χ3v) is 8.24. The summed E-state index contributed by atoms with van der Waals surface area (Å²) in [4.78, 5) is 20.3. The zero-order valence-electron chi connectivity index (χ0n) is 22.0. The summed E-state index contributed by atoms with van der Waals surface area (Å²) in [6.45, 7) is 3.62. The monoisotopic (exact) mass is 544 g/mol. The minimum absolute atomic E-state index is 0.162. The molecule has 1 fully saturated rings. The Balaban J connectivity index is 1.52. The van der Waals surface area contributed by atoms with E-state index in [4.69, 9.17) is 9.15 Å². The van der Waals surface area contributed by atoms with Crippen molar-refractivity contribution >= 4 is 22.2 Å². The molecule has 4 aromatic heterocycles. The van der Waals surface area contributed by atoms with Gasteiger partial charge in [-0.2, -0.15) is 0 Å². The molecule has 1 aliphatic carbocycles. The number of benzene rings is 1. The highest BCUT2D eigenvalue weighted by Gasteiger charge is 2.33. The van der Waals surface area contributed by atoms with Gasteiger partial charge in [0.1, 0.15) is 17.6 Å². The molecule has 5 aromatic rings. The Morgan fingerprint density at radius 1 is 1.15 bits per heavy atom. The van der Waals surface area contributed by atoms with Crippen LogP contribution < -0.4 is 10.3 Å². The first-order chi connectivity index (χ1) is 19.2. The maximum Gasteiger partial charge on any atom is 0.253 e. The van der Waals surface area contributed by atoms with Crippen molar-refractivity contribution in [3.05, 3.63) is 92.6 Å². The van der Waals surface area contributed by atoms with Crippen LogP contribution in [0.5, 0.6) is 5.75 Å². The highest BCUT2D eigenvalue weighted by Crippen LogP contribution is 2.35. The number of aromatic nitrogens is 5. The molecule has 1 aromatic carbocycles. The number of rotatable bonds is 10. The van der Waals surface area contributed by atoms with Gasteiger partial charge in [-0.15, -0.1) is 16.4 Å². The van der Waals surface area contributed by atoms with Crippen LogP contribution in [0.3, 0.4) is 0 Å². The predicted octanol–water partition coefficient (Wildman–Crippen LogP) is 5.86. The molecule has 0 aliphatic heterocycles. The second kappa shape index (κ2) is 11.5. The Morgan fingerprint density at radius 2 is 2.05 bits per heavy atom. The van der Waals surface area contributed by atoms with Crippen molar-refractivity contribution in [1.82, 2.24) is 30.1 Å². The lowest BCUT2D eigenvalue weighted by atomic mass is 9.95. The molecular formula is C29H32N6O3S. The summed E-state index contributed by atoms with van der Waals surface area (Å²) in [6, 6.07) is 15.4. The van der Waals surface area contributed by atoms with E-state index in [0.29, 0.717) is 31.1 Å². The van der Waals surface area contributed by atoms with Gasteiger partial charge in [-0.05, 0) is 78.0 Å². The Kier molecular flexibility index (Phi) is 7.55.